The van der Waals surface area contributed by atoms with Crippen LogP contribution in [0.25, 0.3) is 0 Å². The summed E-state index contributed by atoms with van der Waals surface area (Å²) in [5.41, 5.74) is 2.45. The highest BCUT2D eigenvalue weighted by Crippen LogP contribution is 2.27. The van der Waals surface area contributed by atoms with Gasteiger partial charge in [-0.15, -0.1) is 0 Å². The van der Waals surface area contributed by atoms with Crippen molar-refractivity contribution in [2.24, 2.45) is 0 Å². The molecule has 0 unspecified atom stereocenters. The summed E-state index contributed by atoms with van der Waals surface area (Å²) in [5.74, 6) is 0.413. The van der Waals surface area contributed by atoms with Gasteiger partial charge in [0.05, 0.1) is 25.0 Å². The van der Waals surface area contributed by atoms with Gasteiger partial charge < -0.3 is 10.6 Å². The van der Waals surface area contributed by atoms with Crippen molar-refractivity contribution in [3.8, 4) is 0 Å². The fourth-order valence-corrected chi connectivity index (χ4v) is 4.12. The molecule has 164 valence electrons. The highest BCUT2D eigenvalue weighted by molar-refractivity contribution is 7.80. The van der Waals surface area contributed by atoms with Crippen molar-refractivity contribution >= 4 is 75.2 Å². The maximum atomic E-state index is 6.32. The third-order valence-corrected chi connectivity index (χ3v) is 6.07. The summed E-state index contributed by atoms with van der Waals surface area (Å²) in [4.78, 5) is 0. The fourth-order valence-electron chi connectivity index (χ4n) is 2.99. The highest BCUT2D eigenvalue weighted by atomic mass is 35.5. The van der Waals surface area contributed by atoms with Crippen molar-refractivity contribution in [2.75, 3.05) is 10.6 Å². The minimum atomic E-state index is 0.324. The molecule has 0 radical (unpaired) electrons. The van der Waals surface area contributed by atoms with Crippen LogP contribution in [0.5, 0.6) is 0 Å². The van der Waals surface area contributed by atoms with Crippen LogP contribution in [0.3, 0.4) is 0 Å². The lowest BCUT2D eigenvalue weighted by molar-refractivity contribution is 0.687. The number of halogens is 4. The van der Waals surface area contributed by atoms with Gasteiger partial charge in [-0.3, -0.25) is 9.36 Å². The Labute approximate surface area is 210 Å². The van der Waals surface area contributed by atoms with Gasteiger partial charge in [-0.2, -0.15) is 10.2 Å². The average Bonchev–Trinajstić information content (AvgIpc) is 3.32. The monoisotopic (exact) mass is 524 g/mol. The Morgan fingerprint density at radius 3 is 2.28 bits per heavy atom. The van der Waals surface area contributed by atoms with E-state index in [1.165, 1.54) is 0 Å². The molecule has 4 rings (SSSR count). The molecular weight excluding hydrogens is 510 g/mol. The molecule has 0 saturated carbocycles. The lowest BCUT2D eigenvalue weighted by Crippen LogP contribution is -2.19. The van der Waals surface area contributed by atoms with Crippen molar-refractivity contribution < 1.29 is 0 Å². The predicted octanol–water partition coefficient (Wildman–Crippen LogP) is 6.60. The molecule has 0 amide bonds. The lowest BCUT2D eigenvalue weighted by Gasteiger charge is -2.08. The molecule has 2 aromatic carbocycles. The molecule has 0 fully saturated rings. The smallest absolute Gasteiger partial charge is 0.176 e. The van der Waals surface area contributed by atoms with Crippen molar-refractivity contribution in [3.05, 3.63) is 92.3 Å². The first-order valence-corrected chi connectivity index (χ1v) is 11.3. The zero-order chi connectivity index (χ0) is 22.7. The van der Waals surface area contributed by atoms with E-state index in [4.69, 9.17) is 58.6 Å². The number of nitrogens with one attached hydrogen (secondary N) is 2. The van der Waals surface area contributed by atoms with Crippen LogP contribution in [0.2, 0.25) is 20.1 Å². The number of aromatic nitrogens is 4. The van der Waals surface area contributed by atoms with Crippen LogP contribution in [-0.4, -0.2) is 24.7 Å². The van der Waals surface area contributed by atoms with Crippen molar-refractivity contribution in [3.63, 3.8) is 0 Å². The van der Waals surface area contributed by atoms with E-state index in [9.17, 15) is 0 Å². The minimum Gasteiger partial charge on any atom is -0.330 e. The van der Waals surface area contributed by atoms with E-state index >= 15 is 0 Å². The standard InChI is InChI=1S/C21H16Cl4N6S/c22-16-5-2-1-4-13(16)9-30-10-14(8-26-30)27-21(32)28-20-19(25)12-31(29-20)11-15-17(23)6-3-7-18(15)24/h1-8,10,12H,9,11H2,(H2,27,28,29,32). The summed E-state index contributed by atoms with van der Waals surface area (Å²) >= 11 is 30.4. The lowest BCUT2D eigenvalue weighted by atomic mass is 10.2. The molecule has 0 spiro atoms. The minimum absolute atomic E-state index is 0.324. The molecule has 0 aliphatic carbocycles. The molecule has 0 aliphatic rings. The molecule has 2 aromatic heterocycles. The summed E-state index contributed by atoms with van der Waals surface area (Å²) in [6.07, 6.45) is 5.18. The van der Waals surface area contributed by atoms with E-state index in [-0.39, 0.29) is 0 Å². The molecule has 32 heavy (non-hydrogen) atoms. The van der Waals surface area contributed by atoms with Crippen LogP contribution in [0.15, 0.2) is 61.1 Å². The van der Waals surface area contributed by atoms with Gasteiger partial charge in [0.25, 0.3) is 0 Å². The van der Waals surface area contributed by atoms with Crippen LogP contribution in [0, 0.1) is 0 Å². The van der Waals surface area contributed by atoms with Gasteiger partial charge in [-0.05, 0) is 36.0 Å². The topological polar surface area (TPSA) is 59.7 Å². The van der Waals surface area contributed by atoms with Gasteiger partial charge in [0.15, 0.2) is 10.9 Å². The Morgan fingerprint density at radius 1 is 0.812 bits per heavy atom. The number of rotatable bonds is 6. The number of hydrogen-bond acceptors (Lipinski definition) is 3. The first kappa shape index (κ1) is 22.9. The molecule has 0 saturated heterocycles. The van der Waals surface area contributed by atoms with Crippen LogP contribution in [-0.2, 0) is 13.1 Å². The molecule has 0 aliphatic heterocycles. The molecule has 2 N–H and O–H groups in total. The summed E-state index contributed by atoms with van der Waals surface area (Å²) in [7, 11) is 0. The van der Waals surface area contributed by atoms with Gasteiger partial charge in [-0.1, -0.05) is 70.7 Å². The van der Waals surface area contributed by atoms with E-state index in [0.29, 0.717) is 49.8 Å². The fraction of sp³-hybridized carbons (Fsp3) is 0.0952. The largest absolute Gasteiger partial charge is 0.330 e. The summed E-state index contributed by atoms with van der Waals surface area (Å²) in [6.45, 7) is 0.914. The Balaban J connectivity index is 1.39. The molecule has 11 heteroatoms. The Bertz CT molecular complexity index is 1250. The summed E-state index contributed by atoms with van der Waals surface area (Å²) < 4.78 is 3.41. The zero-order valence-corrected chi connectivity index (χ0v) is 20.2. The Kier molecular flexibility index (Phi) is 7.23. The first-order chi connectivity index (χ1) is 15.4. The third-order valence-electron chi connectivity index (χ3n) is 4.51. The second-order valence-corrected chi connectivity index (χ2v) is 8.86. The number of hydrogen-bond donors (Lipinski definition) is 2. The van der Waals surface area contributed by atoms with E-state index in [2.05, 4.69) is 20.8 Å². The molecule has 4 aromatic rings. The van der Waals surface area contributed by atoms with Crippen LogP contribution >= 0.6 is 58.6 Å². The normalized spacial score (nSPS) is 10.9. The van der Waals surface area contributed by atoms with Gasteiger partial charge in [0.2, 0.25) is 0 Å². The quantitative estimate of drug-likeness (QED) is 0.278. The summed E-state index contributed by atoms with van der Waals surface area (Å²) in [5, 5.41) is 17.4. The van der Waals surface area contributed by atoms with E-state index < -0.39 is 0 Å². The predicted molar refractivity (Wildman–Crippen MR) is 135 cm³/mol. The zero-order valence-electron chi connectivity index (χ0n) is 16.4. The van der Waals surface area contributed by atoms with Gasteiger partial charge in [-0.25, -0.2) is 0 Å². The van der Waals surface area contributed by atoms with Crippen LogP contribution in [0.1, 0.15) is 11.1 Å². The van der Waals surface area contributed by atoms with Gasteiger partial charge in [0.1, 0.15) is 5.02 Å². The highest BCUT2D eigenvalue weighted by Gasteiger charge is 2.12. The Morgan fingerprint density at radius 2 is 1.53 bits per heavy atom. The van der Waals surface area contributed by atoms with Crippen molar-refractivity contribution in [1.82, 2.24) is 19.6 Å². The maximum absolute atomic E-state index is 6.32. The molecule has 6 nitrogen and oxygen atoms in total. The van der Waals surface area contributed by atoms with Crippen LogP contribution < -0.4 is 10.6 Å². The van der Waals surface area contributed by atoms with E-state index in [0.717, 1.165) is 11.1 Å². The molecular formula is C21H16Cl4N6S. The number of benzene rings is 2. The number of nitrogens with zero attached hydrogens (tertiary/aromatic N) is 4. The van der Waals surface area contributed by atoms with Crippen molar-refractivity contribution in [1.29, 1.82) is 0 Å². The first-order valence-electron chi connectivity index (χ1n) is 9.39. The second kappa shape index (κ2) is 10.1. The van der Waals surface area contributed by atoms with Crippen LogP contribution in [0.4, 0.5) is 11.5 Å². The average molecular weight is 526 g/mol. The molecule has 2 heterocycles. The van der Waals surface area contributed by atoms with Crippen molar-refractivity contribution in [2.45, 2.75) is 13.1 Å². The van der Waals surface area contributed by atoms with E-state index in [1.54, 1.807) is 40.0 Å². The summed E-state index contributed by atoms with van der Waals surface area (Å²) in [6, 6.07) is 13.0. The SMILES string of the molecule is S=C(Nc1cnn(Cc2ccccc2Cl)c1)Nc1nn(Cc2c(Cl)cccc2Cl)cc1Cl. The number of anilines is 2. The van der Waals surface area contributed by atoms with Gasteiger partial charge in [0, 0.05) is 33.0 Å². The molecule has 0 bridgehead atoms. The second-order valence-electron chi connectivity index (χ2n) is 6.82. The Hall–Kier alpha value is -2.29. The maximum Gasteiger partial charge on any atom is 0.176 e. The number of thiocarbonyl (C=S) groups is 1. The van der Waals surface area contributed by atoms with E-state index in [1.807, 2.05) is 30.5 Å². The third kappa shape index (κ3) is 5.54. The van der Waals surface area contributed by atoms with Gasteiger partial charge >= 0.3 is 0 Å². The molecule has 0 atom stereocenters.